The largest absolute Gasteiger partial charge is 0.481 e. The van der Waals surface area contributed by atoms with Crippen molar-refractivity contribution in [1.29, 1.82) is 0 Å². The zero-order chi connectivity index (χ0) is 17.0. The molecule has 1 heterocycles. The lowest BCUT2D eigenvalue weighted by molar-refractivity contribution is -0.138. The number of aliphatic carboxylic acids is 1. The fourth-order valence-corrected chi connectivity index (χ4v) is 3.68. The van der Waals surface area contributed by atoms with Crippen LogP contribution in [0.5, 0.6) is 0 Å². The molecule has 1 fully saturated rings. The summed E-state index contributed by atoms with van der Waals surface area (Å²) in [5.41, 5.74) is 0.742. The molecule has 0 aromatic heterocycles. The molecule has 0 spiro atoms. The average Bonchev–Trinajstić information content (AvgIpc) is 2.48. The van der Waals surface area contributed by atoms with Gasteiger partial charge in [0.05, 0.1) is 23.0 Å². The van der Waals surface area contributed by atoms with Gasteiger partial charge in [0.1, 0.15) is 0 Å². The smallest absolute Gasteiger partial charge is 0.305 e. The Kier molecular flexibility index (Phi) is 5.90. The molecule has 2 N–H and O–H groups in total. The number of halogens is 1. The zero-order valence-corrected chi connectivity index (χ0v) is 14.1. The van der Waals surface area contributed by atoms with Crippen molar-refractivity contribution in [3.8, 4) is 0 Å². The van der Waals surface area contributed by atoms with Crippen LogP contribution in [0.1, 0.15) is 23.7 Å². The van der Waals surface area contributed by atoms with Gasteiger partial charge in [-0.25, -0.2) is 0 Å². The van der Waals surface area contributed by atoms with Crippen LogP contribution in [0.4, 0.5) is 5.69 Å². The molecule has 1 saturated heterocycles. The summed E-state index contributed by atoms with van der Waals surface area (Å²) in [6, 6.07) is 4.32. The van der Waals surface area contributed by atoms with Crippen molar-refractivity contribution in [3.05, 3.63) is 28.8 Å². The second-order valence-electron chi connectivity index (χ2n) is 5.20. The maximum Gasteiger partial charge on any atom is 0.305 e. The minimum Gasteiger partial charge on any atom is -0.481 e. The Morgan fingerprint density at radius 2 is 2.17 bits per heavy atom. The topological polar surface area (TPSA) is 86.7 Å². The van der Waals surface area contributed by atoms with E-state index in [0.29, 0.717) is 18.0 Å². The Hall–Kier alpha value is -1.73. The van der Waals surface area contributed by atoms with Crippen LogP contribution < -0.4 is 5.32 Å². The van der Waals surface area contributed by atoms with E-state index in [0.717, 1.165) is 5.75 Å². The summed E-state index contributed by atoms with van der Waals surface area (Å²) in [4.78, 5) is 36.5. The molecule has 0 bridgehead atoms. The standard InChI is InChI=1S/C15H17ClN2O4S/c1-9(19)17-10-2-3-13(16)12(6-10)15(22)18-4-5-23-8-11(18)7-14(20)21/h2-3,6,11H,4-5,7-8H2,1H3,(H,17,19)(H,20,21). The highest BCUT2D eigenvalue weighted by atomic mass is 35.5. The number of anilines is 1. The maximum absolute atomic E-state index is 12.8. The first kappa shape index (κ1) is 17.6. The van der Waals surface area contributed by atoms with Crippen LogP contribution >= 0.6 is 23.4 Å². The van der Waals surface area contributed by atoms with Gasteiger partial charge >= 0.3 is 5.97 Å². The summed E-state index contributed by atoms with van der Waals surface area (Å²) in [5, 5.41) is 11.9. The number of benzene rings is 1. The van der Waals surface area contributed by atoms with E-state index >= 15 is 0 Å². The number of hydrogen-bond acceptors (Lipinski definition) is 4. The Morgan fingerprint density at radius 3 is 2.83 bits per heavy atom. The van der Waals surface area contributed by atoms with Gasteiger partial charge in [-0.3, -0.25) is 14.4 Å². The Bertz CT molecular complexity index is 638. The van der Waals surface area contributed by atoms with Crippen LogP contribution in [-0.4, -0.2) is 51.9 Å². The van der Waals surface area contributed by atoms with Gasteiger partial charge in [-0.1, -0.05) is 11.6 Å². The van der Waals surface area contributed by atoms with Crippen molar-refractivity contribution < 1.29 is 19.5 Å². The molecular weight excluding hydrogens is 340 g/mol. The van der Waals surface area contributed by atoms with Crippen molar-refractivity contribution in [2.24, 2.45) is 0 Å². The molecule has 2 amide bonds. The van der Waals surface area contributed by atoms with E-state index in [1.54, 1.807) is 28.8 Å². The van der Waals surface area contributed by atoms with Gasteiger partial charge < -0.3 is 15.3 Å². The minimum absolute atomic E-state index is 0.0955. The summed E-state index contributed by atoms with van der Waals surface area (Å²) in [5.74, 6) is -0.155. The molecule has 1 aromatic rings. The predicted molar refractivity (Wildman–Crippen MR) is 90.2 cm³/mol. The van der Waals surface area contributed by atoms with E-state index in [9.17, 15) is 14.4 Å². The fraction of sp³-hybridized carbons (Fsp3) is 0.400. The average molecular weight is 357 g/mol. The fourth-order valence-electron chi connectivity index (χ4n) is 2.42. The summed E-state index contributed by atoms with van der Waals surface area (Å²) < 4.78 is 0. The lowest BCUT2D eigenvalue weighted by atomic mass is 10.1. The van der Waals surface area contributed by atoms with Crippen LogP contribution in [-0.2, 0) is 9.59 Å². The lowest BCUT2D eigenvalue weighted by Crippen LogP contribution is -2.47. The molecule has 1 atom stereocenters. The predicted octanol–water partition coefficient (Wildman–Crippen LogP) is 2.33. The highest BCUT2D eigenvalue weighted by Gasteiger charge is 2.30. The first-order valence-electron chi connectivity index (χ1n) is 7.06. The quantitative estimate of drug-likeness (QED) is 0.864. The Morgan fingerprint density at radius 1 is 1.43 bits per heavy atom. The van der Waals surface area contributed by atoms with Gasteiger partial charge in [0.25, 0.3) is 5.91 Å². The molecule has 1 unspecified atom stereocenters. The Labute approximate surface area is 143 Å². The highest BCUT2D eigenvalue weighted by molar-refractivity contribution is 7.99. The number of hydrogen-bond donors (Lipinski definition) is 2. The van der Waals surface area contributed by atoms with E-state index < -0.39 is 5.97 Å². The number of carbonyl (C=O) groups excluding carboxylic acids is 2. The third-order valence-electron chi connectivity index (χ3n) is 3.42. The number of carboxylic acids is 1. The van der Waals surface area contributed by atoms with Gasteiger partial charge in [-0.15, -0.1) is 0 Å². The number of thioether (sulfide) groups is 1. The van der Waals surface area contributed by atoms with Gasteiger partial charge in [0, 0.05) is 30.7 Å². The van der Waals surface area contributed by atoms with Crippen molar-refractivity contribution >= 4 is 46.8 Å². The van der Waals surface area contributed by atoms with Crippen molar-refractivity contribution in [2.45, 2.75) is 19.4 Å². The second kappa shape index (κ2) is 7.70. The summed E-state index contributed by atoms with van der Waals surface area (Å²) >= 11 is 7.75. The van der Waals surface area contributed by atoms with Gasteiger partial charge in [-0.05, 0) is 18.2 Å². The minimum atomic E-state index is -0.937. The van der Waals surface area contributed by atoms with E-state index in [1.165, 1.54) is 13.0 Å². The summed E-state index contributed by atoms with van der Waals surface area (Å²) in [6.07, 6.45) is -0.0955. The molecule has 0 aliphatic carbocycles. The number of nitrogens with one attached hydrogen (secondary N) is 1. The van der Waals surface area contributed by atoms with Crippen LogP contribution in [0.25, 0.3) is 0 Å². The molecule has 6 nitrogen and oxygen atoms in total. The number of carbonyl (C=O) groups is 3. The molecule has 1 aliphatic heterocycles. The number of amides is 2. The molecule has 1 aliphatic rings. The van der Waals surface area contributed by atoms with Crippen LogP contribution in [0, 0.1) is 0 Å². The molecule has 2 rings (SSSR count). The molecular formula is C15H17ClN2O4S. The van der Waals surface area contributed by atoms with Gasteiger partial charge in [0.2, 0.25) is 5.91 Å². The molecule has 0 radical (unpaired) electrons. The third kappa shape index (κ3) is 4.62. The van der Waals surface area contributed by atoms with Gasteiger partial charge in [0.15, 0.2) is 0 Å². The van der Waals surface area contributed by atoms with E-state index in [1.807, 2.05) is 0 Å². The van der Waals surface area contributed by atoms with Crippen molar-refractivity contribution in [1.82, 2.24) is 4.90 Å². The first-order valence-corrected chi connectivity index (χ1v) is 8.59. The van der Waals surface area contributed by atoms with Crippen molar-refractivity contribution in [2.75, 3.05) is 23.4 Å². The number of nitrogens with zero attached hydrogens (tertiary/aromatic N) is 1. The van der Waals surface area contributed by atoms with Crippen molar-refractivity contribution in [3.63, 3.8) is 0 Å². The summed E-state index contributed by atoms with van der Waals surface area (Å²) in [7, 11) is 0. The molecule has 1 aromatic carbocycles. The van der Waals surface area contributed by atoms with Crippen LogP contribution in [0.2, 0.25) is 5.02 Å². The monoisotopic (exact) mass is 356 g/mol. The third-order valence-corrected chi connectivity index (χ3v) is 4.84. The normalized spacial score (nSPS) is 17.7. The molecule has 124 valence electrons. The second-order valence-corrected chi connectivity index (χ2v) is 6.76. The van der Waals surface area contributed by atoms with Crippen LogP contribution in [0.3, 0.4) is 0 Å². The lowest BCUT2D eigenvalue weighted by Gasteiger charge is -2.35. The first-order chi connectivity index (χ1) is 10.9. The number of carboxylic acid groups (broad SMARTS) is 1. The van der Waals surface area contributed by atoms with E-state index in [-0.39, 0.29) is 34.9 Å². The van der Waals surface area contributed by atoms with Crippen LogP contribution in [0.15, 0.2) is 18.2 Å². The number of rotatable bonds is 4. The summed E-state index contributed by atoms with van der Waals surface area (Å²) in [6.45, 7) is 1.85. The SMILES string of the molecule is CC(=O)Nc1ccc(Cl)c(C(=O)N2CCSCC2CC(=O)O)c1. The molecule has 0 saturated carbocycles. The highest BCUT2D eigenvalue weighted by Crippen LogP contribution is 2.26. The molecule has 23 heavy (non-hydrogen) atoms. The molecule has 8 heteroatoms. The van der Waals surface area contributed by atoms with Gasteiger partial charge in [-0.2, -0.15) is 11.8 Å². The van der Waals surface area contributed by atoms with E-state index in [4.69, 9.17) is 16.7 Å². The Balaban J connectivity index is 2.26. The van der Waals surface area contributed by atoms with E-state index in [2.05, 4.69) is 5.32 Å². The zero-order valence-electron chi connectivity index (χ0n) is 12.5. The maximum atomic E-state index is 12.8.